The highest BCUT2D eigenvalue weighted by atomic mass is 19.4. The number of nitrogens with one attached hydrogen (secondary N) is 1. The predicted molar refractivity (Wildman–Crippen MR) is 88.3 cm³/mol. The minimum atomic E-state index is -4.58. The van der Waals surface area contributed by atoms with Crippen LogP contribution in [-0.4, -0.2) is 40.9 Å². The van der Waals surface area contributed by atoms with Crippen LogP contribution in [0.1, 0.15) is 31.7 Å². The molecule has 1 aliphatic rings. The Hall–Kier alpha value is -2.32. The summed E-state index contributed by atoms with van der Waals surface area (Å²) in [5, 5.41) is 2.82. The SMILES string of the molecule is CCCNC(=O)C1CCN(C(=O)Cn2cc(C(F)(F)F)ccc2=O)CC1. The number of rotatable bonds is 5. The van der Waals surface area contributed by atoms with Crippen molar-refractivity contribution < 1.29 is 22.8 Å². The van der Waals surface area contributed by atoms with Crippen molar-refractivity contribution in [1.82, 2.24) is 14.8 Å². The van der Waals surface area contributed by atoms with E-state index in [9.17, 15) is 27.6 Å². The quantitative estimate of drug-likeness (QED) is 0.853. The summed E-state index contributed by atoms with van der Waals surface area (Å²) < 4.78 is 39.0. The summed E-state index contributed by atoms with van der Waals surface area (Å²) >= 11 is 0. The Kier molecular flexibility index (Phi) is 6.44. The normalized spacial score (nSPS) is 15.8. The fraction of sp³-hybridized carbons (Fsp3) is 0.588. The summed E-state index contributed by atoms with van der Waals surface area (Å²) in [6.07, 6.45) is -2.08. The van der Waals surface area contributed by atoms with Crippen LogP contribution in [-0.2, 0) is 22.3 Å². The van der Waals surface area contributed by atoms with Gasteiger partial charge in [-0.25, -0.2) is 0 Å². The van der Waals surface area contributed by atoms with Crippen LogP contribution in [0.2, 0.25) is 0 Å². The molecule has 0 unspecified atom stereocenters. The van der Waals surface area contributed by atoms with E-state index in [1.807, 2.05) is 6.92 Å². The monoisotopic (exact) mass is 373 g/mol. The number of piperidine rings is 1. The van der Waals surface area contributed by atoms with Gasteiger partial charge in [0.15, 0.2) is 0 Å². The molecule has 9 heteroatoms. The van der Waals surface area contributed by atoms with Crippen LogP contribution >= 0.6 is 0 Å². The molecule has 2 rings (SSSR count). The summed E-state index contributed by atoms with van der Waals surface area (Å²) in [5.41, 5.74) is -1.64. The molecule has 1 aromatic rings. The number of carbonyl (C=O) groups excluding carboxylic acids is 2. The number of alkyl halides is 3. The molecule has 0 bridgehead atoms. The van der Waals surface area contributed by atoms with Gasteiger partial charge in [-0.05, 0) is 25.3 Å². The highest BCUT2D eigenvalue weighted by Gasteiger charge is 2.32. The lowest BCUT2D eigenvalue weighted by atomic mass is 9.96. The second-order valence-electron chi connectivity index (χ2n) is 6.33. The first-order chi connectivity index (χ1) is 12.2. The molecule has 0 spiro atoms. The van der Waals surface area contributed by atoms with E-state index >= 15 is 0 Å². The molecule has 2 heterocycles. The lowest BCUT2D eigenvalue weighted by Crippen LogP contribution is -2.44. The summed E-state index contributed by atoms with van der Waals surface area (Å²) in [4.78, 5) is 37.5. The molecule has 26 heavy (non-hydrogen) atoms. The van der Waals surface area contributed by atoms with Crippen molar-refractivity contribution >= 4 is 11.8 Å². The summed E-state index contributed by atoms with van der Waals surface area (Å²) in [5.74, 6) is -0.631. The number of hydrogen-bond acceptors (Lipinski definition) is 3. The van der Waals surface area contributed by atoms with Crippen molar-refractivity contribution in [2.75, 3.05) is 19.6 Å². The van der Waals surface area contributed by atoms with Gasteiger partial charge in [-0.2, -0.15) is 13.2 Å². The van der Waals surface area contributed by atoms with Gasteiger partial charge in [0, 0.05) is 37.8 Å². The molecule has 144 valence electrons. The molecule has 1 saturated heterocycles. The lowest BCUT2D eigenvalue weighted by molar-refractivity contribution is -0.139. The van der Waals surface area contributed by atoms with Crippen molar-refractivity contribution in [3.63, 3.8) is 0 Å². The molecule has 0 aliphatic carbocycles. The average Bonchev–Trinajstić information content (AvgIpc) is 2.60. The smallest absolute Gasteiger partial charge is 0.356 e. The number of nitrogens with zero attached hydrogens (tertiary/aromatic N) is 2. The molecule has 0 saturated carbocycles. The Morgan fingerprint density at radius 2 is 1.88 bits per heavy atom. The third kappa shape index (κ3) is 5.09. The van der Waals surface area contributed by atoms with Crippen molar-refractivity contribution in [2.24, 2.45) is 5.92 Å². The summed E-state index contributed by atoms with van der Waals surface area (Å²) in [6.45, 7) is 2.80. The third-order valence-electron chi connectivity index (χ3n) is 4.38. The first kappa shape index (κ1) is 20.0. The zero-order valence-corrected chi connectivity index (χ0v) is 14.5. The summed E-state index contributed by atoms with van der Waals surface area (Å²) in [7, 11) is 0. The van der Waals surface area contributed by atoms with Gasteiger partial charge in [-0.3, -0.25) is 14.4 Å². The van der Waals surface area contributed by atoms with Crippen LogP contribution in [0.15, 0.2) is 23.1 Å². The first-order valence-corrected chi connectivity index (χ1v) is 8.55. The Morgan fingerprint density at radius 3 is 2.46 bits per heavy atom. The average molecular weight is 373 g/mol. The van der Waals surface area contributed by atoms with Crippen LogP contribution in [0.4, 0.5) is 13.2 Å². The number of aromatic nitrogens is 1. The number of amides is 2. The van der Waals surface area contributed by atoms with Crippen LogP contribution in [0, 0.1) is 5.92 Å². The number of carbonyl (C=O) groups is 2. The minimum Gasteiger partial charge on any atom is -0.356 e. The predicted octanol–water partition coefficient (Wildman–Crippen LogP) is 1.63. The largest absolute Gasteiger partial charge is 0.417 e. The molecule has 1 aromatic heterocycles. The highest BCUT2D eigenvalue weighted by Crippen LogP contribution is 2.28. The van der Waals surface area contributed by atoms with Gasteiger partial charge in [-0.15, -0.1) is 0 Å². The van der Waals surface area contributed by atoms with Crippen LogP contribution in [0.5, 0.6) is 0 Å². The summed E-state index contributed by atoms with van der Waals surface area (Å²) in [6, 6.07) is 1.50. The van der Waals surface area contributed by atoms with E-state index in [1.54, 1.807) is 0 Å². The van der Waals surface area contributed by atoms with E-state index in [2.05, 4.69) is 5.32 Å². The van der Waals surface area contributed by atoms with E-state index in [-0.39, 0.29) is 11.8 Å². The van der Waals surface area contributed by atoms with Gasteiger partial charge in [-0.1, -0.05) is 6.92 Å². The van der Waals surface area contributed by atoms with Gasteiger partial charge in [0.25, 0.3) is 5.56 Å². The van der Waals surface area contributed by atoms with Gasteiger partial charge in [0.05, 0.1) is 5.56 Å². The third-order valence-corrected chi connectivity index (χ3v) is 4.38. The molecular formula is C17H22F3N3O3. The Balaban J connectivity index is 1.96. The maximum absolute atomic E-state index is 12.8. The first-order valence-electron chi connectivity index (χ1n) is 8.55. The van der Waals surface area contributed by atoms with Crippen LogP contribution in [0.25, 0.3) is 0 Å². The maximum Gasteiger partial charge on any atom is 0.417 e. The number of likely N-dealkylation sites (tertiary alicyclic amines) is 1. The van der Waals surface area contributed by atoms with E-state index in [0.29, 0.717) is 44.7 Å². The van der Waals surface area contributed by atoms with Crippen molar-refractivity contribution in [3.05, 3.63) is 34.2 Å². The standard InChI is InChI=1S/C17H22F3N3O3/c1-2-7-21-16(26)12-5-8-22(9-6-12)15(25)11-23-10-13(17(18,19)20)3-4-14(23)24/h3-4,10,12H,2,5-9,11H2,1H3,(H,21,26). The zero-order valence-electron chi connectivity index (χ0n) is 14.5. The van der Waals surface area contributed by atoms with Crippen molar-refractivity contribution in [1.29, 1.82) is 0 Å². The maximum atomic E-state index is 12.8. The second-order valence-corrected chi connectivity index (χ2v) is 6.33. The van der Waals surface area contributed by atoms with Crippen molar-refractivity contribution in [2.45, 2.75) is 38.9 Å². The second kappa shape index (κ2) is 8.37. The van der Waals surface area contributed by atoms with E-state index < -0.39 is 29.8 Å². The molecule has 0 atom stereocenters. The van der Waals surface area contributed by atoms with E-state index in [0.717, 1.165) is 17.1 Å². The number of pyridine rings is 1. The van der Waals surface area contributed by atoms with Crippen LogP contribution < -0.4 is 10.9 Å². The molecular weight excluding hydrogens is 351 g/mol. The lowest BCUT2D eigenvalue weighted by Gasteiger charge is -2.31. The van der Waals surface area contributed by atoms with Gasteiger partial charge in [0.2, 0.25) is 11.8 Å². The fourth-order valence-electron chi connectivity index (χ4n) is 2.85. The highest BCUT2D eigenvalue weighted by molar-refractivity contribution is 5.80. The Labute approximate surface area is 149 Å². The molecule has 0 radical (unpaired) electrons. The zero-order chi connectivity index (χ0) is 19.3. The molecule has 1 aliphatic heterocycles. The Morgan fingerprint density at radius 1 is 1.23 bits per heavy atom. The minimum absolute atomic E-state index is 0.0342. The molecule has 0 aromatic carbocycles. The molecule has 1 fully saturated rings. The molecule has 1 N–H and O–H groups in total. The topological polar surface area (TPSA) is 71.4 Å². The fourth-order valence-corrected chi connectivity index (χ4v) is 2.85. The van der Waals surface area contributed by atoms with Gasteiger partial charge in [0.1, 0.15) is 6.54 Å². The molecule has 6 nitrogen and oxygen atoms in total. The van der Waals surface area contributed by atoms with Gasteiger partial charge >= 0.3 is 6.18 Å². The van der Waals surface area contributed by atoms with E-state index in [4.69, 9.17) is 0 Å². The van der Waals surface area contributed by atoms with Gasteiger partial charge < -0.3 is 14.8 Å². The number of hydrogen-bond donors (Lipinski definition) is 1. The Bertz CT molecular complexity index is 707. The van der Waals surface area contributed by atoms with Crippen LogP contribution in [0.3, 0.4) is 0 Å². The number of halogens is 3. The van der Waals surface area contributed by atoms with Crippen molar-refractivity contribution in [3.8, 4) is 0 Å². The van der Waals surface area contributed by atoms with E-state index in [1.165, 1.54) is 4.90 Å². The molecule has 2 amide bonds.